The average molecular weight is 279 g/mol. The minimum atomic E-state index is -0.844. The first-order valence-electron chi connectivity index (χ1n) is 7.14. The molecule has 0 saturated heterocycles. The van der Waals surface area contributed by atoms with Gasteiger partial charge in [0.25, 0.3) is 0 Å². The smallest absolute Gasteiger partial charge is 0.307 e. The number of hydrogen-bond acceptors (Lipinski definition) is 3. The molecule has 0 aromatic carbocycles. The molecule has 1 aliphatic carbocycles. The quantitative estimate of drug-likeness (QED) is 0.768. The largest absolute Gasteiger partial charge is 0.481 e. The first kappa shape index (κ1) is 14.6. The number of carbonyl (C=O) groups is 2. The number of carbonyl (C=O) groups excluding carboxylic acids is 1. The van der Waals surface area contributed by atoms with Crippen molar-refractivity contribution in [3.63, 3.8) is 0 Å². The number of imidazole rings is 1. The van der Waals surface area contributed by atoms with Crippen molar-refractivity contribution >= 4 is 11.9 Å². The van der Waals surface area contributed by atoms with Crippen LogP contribution in [0.5, 0.6) is 0 Å². The molecule has 2 N–H and O–H groups in total. The van der Waals surface area contributed by atoms with Crippen LogP contribution in [0.25, 0.3) is 0 Å². The van der Waals surface area contributed by atoms with Crippen LogP contribution in [0.3, 0.4) is 0 Å². The van der Waals surface area contributed by atoms with E-state index in [0.29, 0.717) is 19.4 Å². The van der Waals surface area contributed by atoms with Gasteiger partial charge in [0.1, 0.15) is 0 Å². The van der Waals surface area contributed by atoms with E-state index in [4.69, 9.17) is 5.11 Å². The minimum absolute atomic E-state index is 0.109. The van der Waals surface area contributed by atoms with Crippen LogP contribution in [-0.4, -0.2) is 33.1 Å². The van der Waals surface area contributed by atoms with E-state index in [1.165, 1.54) is 0 Å². The summed E-state index contributed by atoms with van der Waals surface area (Å²) in [5, 5.41) is 12.0. The number of rotatable bonds is 6. The van der Waals surface area contributed by atoms with Crippen LogP contribution >= 0.6 is 0 Å². The molecule has 20 heavy (non-hydrogen) atoms. The number of hydrogen-bond donors (Lipinski definition) is 2. The van der Waals surface area contributed by atoms with Gasteiger partial charge >= 0.3 is 5.97 Å². The Hall–Kier alpha value is -1.85. The number of amides is 1. The highest BCUT2D eigenvalue weighted by molar-refractivity contribution is 5.84. The molecule has 6 nitrogen and oxygen atoms in total. The van der Waals surface area contributed by atoms with E-state index in [1.54, 1.807) is 12.5 Å². The van der Waals surface area contributed by atoms with Crippen molar-refractivity contribution in [2.75, 3.05) is 6.54 Å². The van der Waals surface area contributed by atoms with Gasteiger partial charge in [-0.2, -0.15) is 0 Å². The molecule has 1 aromatic rings. The molecular weight excluding hydrogens is 258 g/mol. The fourth-order valence-corrected chi connectivity index (χ4v) is 2.76. The van der Waals surface area contributed by atoms with Gasteiger partial charge in [-0.3, -0.25) is 9.59 Å². The number of nitrogens with one attached hydrogen (secondary N) is 1. The molecule has 6 heteroatoms. The molecule has 2 atom stereocenters. The van der Waals surface area contributed by atoms with Crippen LogP contribution in [0.4, 0.5) is 0 Å². The van der Waals surface area contributed by atoms with Gasteiger partial charge in [0.15, 0.2) is 0 Å². The normalized spacial score (nSPS) is 22.4. The molecule has 2 rings (SSSR count). The van der Waals surface area contributed by atoms with E-state index in [2.05, 4.69) is 10.3 Å². The molecule has 0 radical (unpaired) electrons. The predicted molar refractivity (Wildman–Crippen MR) is 72.9 cm³/mol. The summed E-state index contributed by atoms with van der Waals surface area (Å²) in [5.74, 6) is -1.84. The molecule has 1 aromatic heterocycles. The van der Waals surface area contributed by atoms with Crippen molar-refractivity contribution in [2.45, 2.75) is 38.6 Å². The van der Waals surface area contributed by atoms with Gasteiger partial charge in [0.2, 0.25) is 5.91 Å². The van der Waals surface area contributed by atoms with E-state index in [0.717, 1.165) is 25.8 Å². The molecule has 1 aliphatic rings. The summed E-state index contributed by atoms with van der Waals surface area (Å²) < 4.78 is 1.95. The highest BCUT2D eigenvalue weighted by atomic mass is 16.4. The van der Waals surface area contributed by atoms with Gasteiger partial charge in [0.05, 0.1) is 18.2 Å². The fraction of sp³-hybridized carbons (Fsp3) is 0.643. The summed E-state index contributed by atoms with van der Waals surface area (Å²) in [7, 11) is 0. The average Bonchev–Trinajstić information content (AvgIpc) is 2.96. The van der Waals surface area contributed by atoms with E-state index < -0.39 is 11.9 Å². The molecule has 1 amide bonds. The highest BCUT2D eigenvalue weighted by Crippen LogP contribution is 2.30. The number of aryl methyl sites for hydroxylation is 1. The van der Waals surface area contributed by atoms with Gasteiger partial charge in [-0.25, -0.2) is 4.98 Å². The zero-order valence-corrected chi connectivity index (χ0v) is 11.5. The maximum Gasteiger partial charge on any atom is 0.307 e. The van der Waals surface area contributed by atoms with Gasteiger partial charge in [0, 0.05) is 25.5 Å². The summed E-state index contributed by atoms with van der Waals surface area (Å²) in [5.41, 5.74) is 0. The standard InChI is InChI=1S/C14H21N3O3/c18-13(11-4-1-2-5-12(11)14(19)20)16-6-3-8-17-9-7-15-10-17/h7,9-12H,1-6,8H2,(H,16,18)(H,19,20)/t11-,12-/m0/s1. The number of carboxylic acids is 1. The van der Waals surface area contributed by atoms with Crippen LogP contribution < -0.4 is 5.32 Å². The Morgan fingerprint density at radius 3 is 2.70 bits per heavy atom. The third-order valence-electron chi connectivity index (χ3n) is 3.87. The zero-order chi connectivity index (χ0) is 14.4. The van der Waals surface area contributed by atoms with E-state index in [9.17, 15) is 9.59 Å². The Kier molecular flexibility index (Phi) is 5.15. The molecule has 0 unspecified atom stereocenters. The lowest BCUT2D eigenvalue weighted by Crippen LogP contribution is -2.40. The first-order valence-corrected chi connectivity index (χ1v) is 7.14. The second-order valence-corrected chi connectivity index (χ2v) is 5.28. The summed E-state index contributed by atoms with van der Waals surface area (Å²) in [6.07, 6.45) is 9.29. The monoisotopic (exact) mass is 279 g/mol. The topological polar surface area (TPSA) is 84.2 Å². The van der Waals surface area contributed by atoms with Crippen molar-refractivity contribution in [2.24, 2.45) is 11.8 Å². The van der Waals surface area contributed by atoms with Gasteiger partial charge in [-0.1, -0.05) is 12.8 Å². The Balaban J connectivity index is 1.74. The van der Waals surface area contributed by atoms with E-state index >= 15 is 0 Å². The molecule has 1 heterocycles. The SMILES string of the molecule is O=C(O)[C@H]1CCCC[C@@H]1C(=O)NCCCn1ccnc1. The lowest BCUT2D eigenvalue weighted by Gasteiger charge is -2.27. The molecule has 0 aliphatic heterocycles. The first-order chi connectivity index (χ1) is 9.68. The zero-order valence-electron chi connectivity index (χ0n) is 11.5. The second kappa shape index (κ2) is 7.07. The second-order valence-electron chi connectivity index (χ2n) is 5.28. The van der Waals surface area contributed by atoms with E-state index in [1.807, 2.05) is 10.8 Å². The third kappa shape index (κ3) is 3.82. The van der Waals surface area contributed by atoms with Crippen LogP contribution in [-0.2, 0) is 16.1 Å². The fourth-order valence-electron chi connectivity index (χ4n) is 2.76. The molecule has 0 bridgehead atoms. The maximum atomic E-state index is 12.1. The van der Waals surface area contributed by atoms with Gasteiger partial charge in [-0.15, -0.1) is 0 Å². The van der Waals surface area contributed by atoms with Crippen LogP contribution in [0.15, 0.2) is 18.7 Å². The summed E-state index contributed by atoms with van der Waals surface area (Å²) >= 11 is 0. The van der Waals surface area contributed by atoms with Crippen LogP contribution in [0, 0.1) is 11.8 Å². The maximum absolute atomic E-state index is 12.1. The molecule has 1 fully saturated rings. The summed E-state index contributed by atoms with van der Waals surface area (Å²) in [6.45, 7) is 1.37. The van der Waals surface area contributed by atoms with Crippen LogP contribution in [0.1, 0.15) is 32.1 Å². The van der Waals surface area contributed by atoms with E-state index in [-0.39, 0.29) is 11.8 Å². The highest BCUT2D eigenvalue weighted by Gasteiger charge is 2.35. The Morgan fingerprint density at radius 2 is 2.05 bits per heavy atom. The van der Waals surface area contributed by atoms with Crippen molar-refractivity contribution in [1.29, 1.82) is 0 Å². The molecule has 0 spiro atoms. The van der Waals surface area contributed by atoms with Crippen molar-refractivity contribution in [3.8, 4) is 0 Å². The van der Waals surface area contributed by atoms with Crippen molar-refractivity contribution in [1.82, 2.24) is 14.9 Å². The number of aromatic nitrogens is 2. The minimum Gasteiger partial charge on any atom is -0.481 e. The Labute approximate surface area is 118 Å². The lowest BCUT2D eigenvalue weighted by atomic mass is 9.79. The molecule has 110 valence electrons. The third-order valence-corrected chi connectivity index (χ3v) is 3.87. The van der Waals surface area contributed by atoms with Crippen LogP contribution in [0.2, 0.25) is 0 Å². The van der Waals surface area contributed by atoms with Gasteiger partial charge in [-0.05, 0) is 19.3 Å². The number of aliphatic carboxylic acids is 1. The van der Waals surface area contributed by atoms with Gasteiger partial charge < -0.3 is 15.0 Å². The Bertz CT molecular complexity index is 445. The summed E-state index contributed by atoms with van der Waals surface area (Å²) in [6, 6.07) is 0. The number of nitrogens with zero attached hydrogens (tertiary/aromatic N) is 2. The van der Waals surface area contributed by atoms with Crippen molar-refractivity contribution in [3.05, 3.63) is 18.7 Å². The molecule has 1 saturated carbocycles. The van der Waals surface area contributed by atoms with Crippen molar-refractivity contribution < 1.29 is 14.7 Å². The summed E-state index contributed by atoms with van der Waals surface area (Å²) in [4.78, 5) is 27.2. The number of carboxylic acid groups (broad SMARTS) is 1. The molecular formula is C14H21N3O3. The predicted octanol–water partition coefficient (Wildman–Crippen LogP) is 1.28. The lowest BCUT2D eigenvalue weighted by molar-refractivity contribution is -0.148. The Morgan fingerprint density at radius 1 is 1.30 bits per heavy atom.